The molecular formula is C26H27FN2O2. The van der Waals surface area contributed by atoms with Crippen molar-refractivity contribution in [2.45, 2.75) is 25.0 Å². The second kappa shape index (κ2) is 8.33. The highest BCUT2D eigenvalue weighted by Gasteiger charge is 2.43. The topological polar surface area (TPSA) is 44.7 Å². The van der Waals surface area contributed by atoms with Gasteiger partial charge in [0.25, 0.3) is 0 Å². The van der Waals surface area contributed by atoms with Crippen LogP contribution in [0.4, 0.5) is 10.1 Å². The van der Waals surface area contributed by atoms with Crippen LogP contribution in [0.3, 0.4) is 0 Å². The lowest BCUT2D eigenvalue weighted by atomic mass is 9.82. The molecule has 3 aromatic rings. The lowest BCUT2D eigenvalue weighted by molar-refractivity contribution is 0.171. The van der Waals surface area contributed by atoms with E-state index in [2.05, 4.69) is 40.5 Å². The van der Waals surface area contributed by atoms with Crippen molar-refractivity contribution in [3.05, 3.63) is 83.7 Å². The zero-order valence-corrected chi connectivity index (χ0v) is 17.6. The maximum atomic E-state index is 14.4. The number of aliphatic hydroxyl groups is 1. The maximum Gasteiger partial charge on any atom is 0.127 e. The summed E-state index contributed by atoms with van der Waals surface area (Å²) in [6.45, 7) is 1.54. The fourth-order valence-electron chi connectivity index (χ4n) is 5.14. The van der Waals surface area contributed by atoms with E-state index >= 15 is 0 Å². The summed E-state index contributed by atoms with van der Waals surface area (Å²) in [7, 11) is 1.67. The lowest BCUT2D eigenvalue weighted by Crippen LogP contribution is -2.41. The Bertz CT molecular complexity index is 1070. The Morgan fingerprint density at radius 2 is 1.84 bits per heavy atom. The SMILES string of the molecule is COc1ccc(-c2ccc3c(c2)[C@@H]2[C@@H](CCN2Cc2ccccc2F)[C@H](CO)N3)cc1. The molecule has 3 aromatic carbocycles. The predicted octanol–water partition coefficient (Wildman–Crippen LogP) is 4.85. The number of anilines is 1. The summed E-state index contributed by atoms with van der Waals surface area (Å²) in [4.78, 5) is 2.36. The number of nitrogens with one attached hydrogen (secondary N) is 1. The van der Waals surface area contributed by atoms with Crippen LogP contribution >= 0.6 is 0 Å². The minimum Gasteiger partial charge on any atom is -0.497 e. The van der Waals surface area contributed by atoms with E-state index in [1.165, 1.54) is 11.6 Å². The van der Waals surface area contributed by atoms with Gasteiger partial charge in [-0.3, -0.25) is 4.90 Å². The van der Waals surface area contributed by atoms with Gasteiger partial charge in [-0.1, -0.05) is 36.4 Å². The summed E-state index contributed by atoms with van der Waals surface area (Å²) in [5.41, 5.74) is 5.26. The van der Waals surface area contributed by atoms with Gasteiger partial charge in [-0.05, 0) is 60.0 Å². The van der Waals surface area contributed by atoms with Gasteiger partial charge in [0.05, 0.1) is 19.8 Å². The van der Waals surface area contributed by atoms with Crippen LogP contribution in [0.15, 0.2) is 66.7 Å². The first-order valence-electron chi connectivity index (χ1n) is 10.8. The summed E-state index contributed by atoms with van der Waals surface area (Å²) in [5, 5.41) is 13.6. The third kappa shape index (κ3) is 3.68. The number of likely N-dealkylation sites (tertiary alicyclic amines) is 1. The molecule has 2 aliphatic rings. The molecule has 0 saturated carbocycles. The van der Waals surface area contributed by atoms with E-state index < -0.39 is 0 Å². The number of aliphatic hydroxyl groups excluding tert-OH is 1. The van der Waals surface area contributed by atoms with Crippen molar-refractivity contribution in [1.82, 2.24) is 4.90 Å². The molecule has 0 unspecified atom stereocenters. The fraction of sp³-hybridized carbons (Fsp3) is 0.308. The first-order chi connectivity index (χ1) is 15.2. The predicted molar refractivity (Wildman–Crippen MR) is 121 cm³/mol. The molecular weight excluding hydrogens is 391 g/mol. The van der Waals surface area contributed by atoms with Crippen LogP contribution < -0.4 is 10.1 Å². The van der Waals surface area contributed by atoms with E-state index in [0.29, 0.717) is 6.54 Å². The molecule has 31 heavy (non-hydrogen) atoms. The van der Waals surface area contributed by atoms with E-state index in [9.17, 15) is 9.50 Å². The third-order valence-corrected chi connectivity index (χ3v) is 6.73. The Balaban J connectivity index is 1.52. The lowest BCUT2D eigenvalue weighted by Gasteiger charge is -2.39. The second-order valence-corrected chi connectivity index (χ2v) is 8.42. The molecule has 5 rings (SSSR count). The van der Waals surface area contributed by atoms with Crippen LogP contribution in [0.5, 0.6) is 5.75 Å². The standard InChI is InChI=1S/C26H27FN2O2/c1-31-20-9-6-17(7-10-20)18-8-11-24-22(14-18)26-21(25(16-30)28-24)12-13-29(26)15-19-4-2-3-5-23(19)27/h2-11,14,21,25-26,28,30H,12-13,15-16H2,1H3/t21-,25-,26-/m0/s1. The Kier molecular flexibility index (Phi) is 5.38. The number of rotatable bonds is 5. The van der Waals surface area contributed by atoms with E-state index in [1.807, 2.05) is 24.3 Å². The molecule has 0 radical (unpaired) electrons. The van der Waals surface area contributed by atoms with Crippen molar-refractivity contribution in [3.8, 4) is 16.9 Å². The molecule has 0 spiro atoms. The van der Waals surface area contributed by atoms with Crippen molar-refractivity contribution in [1.29, 1.82) is 0 Å². The van der Waals surface area contributed by atoms with Crippen molar-refractivity contribution in [2.24, 2.45) is 5.92 Å². The smallest absolute Gasteiger partial charge is 0.127 e. The maximum absolute atomic E-state index is 14.4. The van der Waals surface area contributed by atoms with E-state index in [-0.39, 0.29) is 30.4 Å². The average molecular weight is 419 g/mol. The summed E-state index contributed by atoms with van der Waals surface area (Å²) in [6.07, 6.45) is 0.976. The van der Waals surface area contributed by atoms with Gasteiger partial charge in [0.2, 0.25) is 0 Å². The number of hydrogen-bond donors (Lipinski definition) is 2. The van der Waals surface area contributed by atoms with Crippen molar-refractivity contribution in [2.75, 3.05) is 25.6 Å². The van der Waals surface area contributed by atoms with E-state index in [0.717, 1.165) is 41.1 Å². The summed E-state index contributed by atoms with van der Waals surface area (Å²) < 4.78 is 19.6. The summed E-state index contributed by atoms with van der Waals surface area (Å²) in [5.74, 6) is 0.960. The van der Waals surface area contributed by atoms with Crippen molar-refractivity contribution >= 4 is 5.69 Å². The molecule has 0 amide bonds. The molecule has 0 aromatic heterocycles. The van der Waals surface area contributed by atoms with Gasteiger partial charge in [0.1, 0.15) is 11.6 Å². The Morgan fingerprint density at radius 3 is 2.58 bits per heavy atom. The van der Waals surface area contributed by atoms with Crippen LogP contribution in [0, 0.1) is 11.7 Å². The zero-order valence-electron chi connectivity index (χ0n) is 17.6. The molecule has 0 aliphatic carbocycles. The molecule has 0 bridgehead atoms. The molecule has 160 valence electrons. The average Bonchev–Trinajstić information content (AvgIpc) is 3.24. The van der Waals surface area contributed by atoms with Gasteiger partial charge >= 0.3 is 0 Å². The summed E-state index contributed by atoms with van der Waals surface area (Å²) in [6, 6.07) is 21.7. The molecule has 2 heterocycles. The third-order valence-electron chi connectivity index (χ3n) is 6.73. The molecule has 5 heteroatoms. The largest absolute Gasteiger partial charge is 0.497 e. The van der Waals surface area contributed by atoms with Gasteiger partial charge in [0.15, 0.2) is 0 Å². The number of ether oxygens (including phenoxy) is 1. The number of fused-ring (bicyclic) bond motifs is 3. The van der Waals surface area contributed by atoms with Crippen LogP contribution in [0.1, 0.15) is 23.6 Å². The first kappa shape index (κ1) is 20.0. The molecule has 1 fully saturated rings. The van der Waals surface area contributed by atoms with Crippen molar-refractivity contribution < 1.29 is 14.2 Å². The monoisotopic (exact) mass is 418 g/mol. The molecule has 1 saturated heterocycles. The molecule has 3 atom stereocenters. The second-order valence-electron chi connectivity index (χ2n) is 8.42. The highest BCUT2D eigenvalue weighted by Crippen LogP contribution is 2.48. The normalized spacial score (nSPS) is 22.5. The minimum absolute atomic E-state index is 0.00922. The molecule has 2 aliphatic heterocycles. The Morgan fingerprint density at radius 1 is 1.06 bits per heavy atom. The minimum atomic E-state index is -0.161. The number of methoxy groups -OCH3 is 1. The fourth-order valence-corrected chi connectivity index (χ4v) is 5.14. The van der Waals surface area contributed by atoms with Crippen molar-refractivity contribution in [3.63, 3.8) is 0 Å². The van der Waals surface area contributed by atoms with Gasteiger partial charge < -0.3 is 15.2 Å². The Hall–Kier alpha value is -2.89. The number of halogens is 1. The van der Waals surface area contributed by atoms with Gasteiger partial charge in [0, 0.05) is 29.8 Å². The van der Waals surface area contributed by atoms with Crippen LogP contribution in [0.2, 0.25) is 0 Å². The first-order valence-corrected chi connectivity index (χ1v) is 10.8. The zero-order chi connectivity index (χ0) is 21.4. The number of hydrogen-bond acceptors (Lipinski definition) is 4. The van der Waals surface area contributed by atoms with Crippen LogP contribution in [-0.4, -0.2) is 36.3 Å². The van der Waals surface area contributed by atoms with Gasteiger partial charge in [-0.15, -0.1) is 0 Å². The number of benzene rings is 3. The van der Waals surface area contributed by atoms with E-state index in [4.69, 9.17) is 4.74 Å². The molecule has 2 N–H and O–H groups in total. The molecule has 4 nitrogen and oxygen atoms in total. The highest BCUT2D eigenvalue weighted by atomic mass is 19.1. The Labute approximate surface area is 182 Å². The van der Waals surface area contributed by atoms with E-state index in [1.54, 1.807) is 13.2 Å². The summed E-state index contributed by atoms with van der Waals surface area (Å²) >= 11 is 0. The highest BCUT2D eigenvalue weighted by molar-refractivity contribution is 5.70. The van der Waals surface area contributed by atoms with Gasteiger partial charge in [-0.25, -0.2) is 4.39 Å². The number of nitrogens with zero attached hydrogens (tertiary/aromatic N) is 1. The van der Waals surface area contributed by atoms with Gasteiger partial charge in [-0.2, -0.15) is 0 Å². The van der Waals surface area contributed by atoms with Crippen LogP contribution in [-0.2, 0) is 6.54 Å². The van der Waals surface area contributed by atoms with Crippen LogP contribution in [0.25, 0.3) is 11.1 Å². The quantitative estimate of drug-likeness (QED) is 0.622.